The monoisotopic (exact) mass is 319 g/mol. The summed E-state index contributed by atoms with van der Waals surface area (Å²) in [6.07, 6.45) is 1.92. The zero-order valence-corrected chi connectivity index (χ0v) is 14.1. The molecular weight excluding hydrogens is 298 g/mol. The number of carbonyl (C=O) groups is 1. The molecule has 1 unspecified atom stereocenters. The van der Waals surface area contributed by atoms with Crippen molar-refractivity contribution in [3.63, 3.8) is 0 Å². The molecule has 0 aliphatic rings. The summed E-state index contributed by atoms with van der Waals surface area (Å²) in [5.74, 6) is 1.53. The molecule has 0 aliphatic carbocycles. The van der Waals surface area contributed by atoms with E-state index < -0.39 is 0 Å². The fraction of sp³-hybridized carbons (Fsp3) is 0.375. The molecule has 5 nitrogen and oxygen atoms in total. The number of aryl methyl sites for hydroxylation is 1. The van der Waals surface area contributed by atoms with Gasteiger partial charge in [-0.25, -0.2) is 4.68 Å². The largest absolute Gasteiger partial charge is 0.497 e. The maximum atomic E-state index is 12.1. The van der Waals surface area contributed by atoms with Crippen molar-refractivity contribution < 1.29 is 9.53 Å². The highest BCUT2D eigenvalue weighted by Gasteiger charge is 2.14. The lowest BCUT2D eigenvalue weighted by molar-refractivity contribution is -0.115. The number of hydrogen-bond acceptors (Lipinski definition) is 4. The van der Waals surface area contributed by atoms with E-state index in [0.29, 0.717) is 6.54 Å². The van der Waals surface area contributed by atoms with Gasteiger partial charge in [0.25, 0.3) is 0 Å². The summed E-state index contributed by atoms with van der Waals surface area (Å²) in [4.78, 5) is 12.1. The standard InChI is InChI=1S/C16H21N3O2S/c1-11-9-15(17-16(20)12(2)22-4)19(18-11)10-13-5-7-14(21-3)8-6-13/h5-9,12H,10H2,1-4H3,(H,17,20). The summed E-state index contributed by atoms with van der Waals surface area (Å²) in [7, 11) is 1.65. The first-order valence-corrected chi connectivity index (χ1v) is 8.33. The molecule has 1 amide bonds. The number of nitrogens with one attached hydrogen (secondary N) is 1. The molecule has 0 spiro atoms. The van der Waals surface area contributed by atoms with Crippen molar-refractivity contribution in [2.75, 3.05) is 18.7 Å². The van der Waals surface area contributed by atoms with Crippen molar-refractivity contribution in [3.8, 4) is 5.75 Å². The number of amides is 1. The van der Waals surface area contributed by atoms with Gasteiger partial charge in [0, 0.05) is 6.07 Å². The van der Waals surface area contributed by atoms with Gasteiger partial charge >= 0.3 is 0 Å². The summed E-state index contributed by atoms with van der Waals surface area (Å²) in [6, 6.07) is 9.70. The van der Waals surface area contributed by atoms with E-state index in [0.717, 1.165) is 22.8 Å². The molecular formula is C16H21N3O2S. The summed E-state index contributed by atoms with van der Waals surface area (Å²) >= 11 is 1.52. The van der Waals surface area contributed by atoms with E-state index in [9.17, 15) is 4.79 Å². The van der Waals surface area contributed by atoms with Gasteiger partial charge < -0.3 is 10.1 Å². The minimum absolute atomic E-state index is 0.0108. The first-order chi connectivity index (χ1) is 10.5. The number of carbonyl (C=O) groups excluding carboxylic acids is 1. The predicted molar refractivity (Wildman–Crippen MR) is 90.7 cm³/mol. The van der Waals surface area contributed by atoms with Crippen LogP contribution in [0.3, 0.4) is 0 Å². The van der Waals surface area contributed by atoms with Gasteiger partial charge in [0.05, 0.1) is 24.6 Å². The van der Waals surface area contributed by atoms with Crippen LogP contribution in [0.4, 0.5) is 5.82 Å². The maximum Gasteiger partial charge on any atom is 0.238 e. The van der Waals surface area contributed by atoms with Gasteiger partial charge in [0.1, 0.15) is 11.6 Å². The van der Waals surface area contributed by atoms with Gasteiger partial charge in [-0.05, 0) is 37.8 Å². The molecule has 0 fully saturated rings. The third-order valence-electron chi connectivity index (χ3n) is 3.37. The Bertz CT molecular complexity index is 637. The lowest BCUT2D eigenvalue weighted by Gasteiger charge is -2.12. The van der Waals surface area contributed by atoms with Crippen LogP contribution in [0.5, 0.6) is 5.75 Å². The third-order valence-corrected chi connectivity index (χ3v) is 4.29. The van der Waals surface area contributed by atoms with E-state index in [1.165, 1.54) is 11.8 Å². The quantitative estimate of drug-likeness (QED) is 0.889. The smallest absolute Gasteiger partial charge is 0.238 e. The summed E-state index contributed by atoms with van der Waals surface area (Å²) in [5, 5.41) is 7.30. The van der Waals surface area contributed by atoms with Crippen molar-refractivity contribution >= 4 is 23.5 Å². The molecule has 1 aromatic carbocycles. The van der Waals surface area contributed by atoms with Crippen molar-refractivity contribution in [3.05, 3.63) is 41.6 Å². The number of hydrogen-bond donors (Lipinski definition) is 1. The zero-order valence-electron chi connectivity index (χ0n) is 13.3. The van der Waals surface area contributed by atoms with Crippen LogP contribution in [0.1, 0.15) is 18.2 Å². The van der Waals surface area contributed by atoms with Crippen LogP contribution in [-0.2, 0) is 11.3 Å². The normalized spacial score (nSPS) is 12.0. The first kappa shape index (κ1) is 16.4. The molecule has 1 heterocycles. The van der Waals surface area contributed by atoms with Gasteiger partial charge in [0.2, 0.25) is 5.91 Å². The lowest BCUT2D eigenvalue weighted by atomic mass is 10.2. The Kier molecular flexibility index (Phi) is 5.49. The molecule has 1 atom stereocenters. The molecule has 0 bridgehead atoms. The van der Waals surface area contributed by atoms with E-state index in [2.05, 4.69) is 10.4 Å². The number of nitrogens with zero attached hydrogens (tertiary/aromatic N) is 2. The van der Waals surface area contributed by atoms with Crippen molar-refractivity contribution in [1.82, 2.24) is 9.78 Å². The SMILES string of the molecule is COc1ccc(Cn2nc(C)cc2NC(=O)C(C)SC)cc1. The second kappa shape index (κ2) is 7.35. The number of rotatable bonds is 6. The third kappa shape index (κ3) is 4.04. The van der Waals surface area contributed by atoms with Gasteiger partial charge in [-0.1, -0.05) is 12.1 Å². The predicted octanol–water partition coefficient (Wildman–Crippen LogP) is 2.94. The number of anilines is 1. The molecule has 1 N–H and O–H groups in total. The van der Waals surface area contributed by atoms with Crippen molar-refractivity contribution in [2.45, 2.75) is 25.6 Å². The number of thioether (sulfide) groups is 1. The first-order valence-electron chi connectivity index (χ1n) is 7.04. The fourth-order valence-electron chi connectivity index (χ4n) is 2.01. The molecule has 0 saturated heterocycles. The molecule has 118 valence electrons. The lowest BCUT2D eigenvalue weighted by Crippen LogP contribution is -2.24. The molecule has 0 saturated carbocycles. The summed E-state index contributed by atoms with van der Waals surface area (Å²) < 4.78 is 6.96. The van der Waals surface area contributed by atoms with Crippen molar-refractivity contribution in [1.29, 1.82) is 0 Å². The van der Waals surface area contributed by atoms with E-state index >= 15 is 0 Å². The van der Waals surface area contributed by atoms with Gasteiger partial charge in [-0.3, -0.25) is 4.79 Å². The van der Waals surface area contributed by atoms with E-state index in [4.69, 9.17) is 4.74 Å². The summed E-state index contributed by atoms with van der Waals surface area (Å²) in [6.45, 7) is 4.40. The average Bonchev–Trinajstić information content (AvgIpc) is 2.86. The molecule has 2 rings (SSSR count). The molecule has 2 aromatic rings. The highest BCUT2D eigenvalue weighted by atomic mass is 32.2. The van der Waals surface area contributed by atoms with Crippen LogP contribution in [0.25, 0.3) is 0 Å². The van der Waals surface area contributed by atoms with E-state index in [1.54, 1.807) is 7.11 Å². The van der Waals surface area contributed by atoms with Gasteiger partial charge in [0.15, 0.2) is 0 Å². The number of methoxy groups -OCH3 is 1. The van der Waals surface area contributed by atoms with Crippen LogP contribution in [0, 0.1) is 6.92 Å². The Morgan fingerprint density at radius 3 is 2.68 bits per heavy atom. The average molecular weight is 319 g/mol. The Morgan fingerprint density at radius 2 is 2.09 bits per heavy atom. The number of benzene rings is 1. The van der Waals surface area contributed by atoms with Crippen LogP contribution < -0.4 is 10.1 Å². The topological polar surface area (TPSA) is 56.1 Å². The summed E-state index contributed by atoms with van der Waals surface area (Å²) in [5.41, 5.74) is 1.97. The number of aromatic nitrogens is 2. The highest BCUT2D eigenvalue weighted by Crippen LogP contribution is 2.17. The van der Waals surface area contributed by atoms with Crippen molar-refractivity contribution in [2.24, 2.45) is 0 Å². The second-order valence-electron chi connectivity index (χ2n) is 5.04. The van der Waals surface area contributed by atoms with Gasteiger partial charge in [-0.15, -0.1) is 0 Å². The minimum atomic E-state index is -0.0929. The van der Waals surface area contributed by atoms with Crippen LogP contribution in [-0.4, -0.2) is 34.3 Å². The Hall–Kier alpha value is -1.95. The molecule has 1 aromatic heterocycles. The van der Waals surface area contributed by atoms with E-state index in [1.807, 2.05) is 55.1 Å². The fourth-order valence-corrected chi connectivity index (χ4v) is 2.28. The maximum absolute atomic E-state index is 12.1. The Labute approximate surface area is 135 Å². The molecule has 22 heavy (non-hydrogen) atoms. The zero-order chi connectivity index (χ0) is 16.1. The highest BCUT2D eigenvalue weighted by molar-refractivity contribution is 7.99. The molecule has 0 radical (unpaired) electrons. The molecule has 6 heteroatoms. The van der Waals surface area contributed by atoms with Gasteiger partial charge in [-0.2, -0.15) is 16.9 Å². The Morgan fingerprint density at radius 1 is 1.41 bits per heavy atom. The minimum Gasteiger partial charge on any atom is -0.497 e. The van der Waals surface area contributed by atoms with E-state index in [-0.39, 0.29) is 11.2 Å². The van der Waals surface area contributed by atoms with Crippen LogP contribution >= 0.6 is 11.8 Å². The second-order valence-corrected chi connectivity index (χ2v) is 6.22. The van der Waals surface area contributed by atoms with Crippen LogP contribution in [0.15, 0.2) is 30.3 Å². The Balaban J connectivity index is 2.15. The number of ether oxygens (including phenoxy) is 1. The molecule has 0 aliphatic heterocycles. The van der Waals surface area contributed by atoms with Crippen LogP contribution in [0.2, 0.25) is 0 Å².